The summed E-state index contributed by atoms with van der Waals surface area (Å²) in [5.74, 6) is -2.08. The molecular formula is C25H26ClF3N6O4. The molecule has 0 aliphatic carbocycles. The molecule has 5 rings (SSSR count). The van der Waals surface area contributed by atoms with Gasteiger partial charge >= 0.3 is 12.1 Å². The number of hydrogen-bond acceptors (Lipinski definition) is 6. The van der Waals surface area contributed by atoms with Gasteiger partial charge in [0.1, 0.15) is 11.5 Å². The van der Waals surface area contributed by atoms with E-state index >= 15 is 0 Å². The molecule has 3 aromatic heterocycles. The summed E-state index contributed by atoms with van der Waals surface area (Å²) in [6, 6.07) is 13.6. The average Bonchev–Trinajstić information content (AvgIpc) is 3.45. The third-order valence-electron chi connectivity index (χ3n) is 6.12. The van der Waals surface area contributed by atoms with Gasteiger partial charge in [-0.15, -0.1) is 10.2 Å². The van der Waals surface area contributed by atoms with Crippen LogP contribution in [0.15, 0.2) is 42.5 Å². The second-order valence-electron chi connectivity index (χ2n) is 8.80. The van der Waals surface area contributed by atoms with Crippen LogP contribution in [0.2, 0.25) is 5.02 Å². The van der Waals surface area contributed by atoms with Gasteiger partial charge in [0.15, 0.2) is 5.65 Å². The molecule has 1 aliphatic rings. The van der Waals surface area contributed by atoms with Gasteiger partial charge in [-0.05, 0) is 42.8 Å². The second-order valence-corrected chi connectivity index (χ2v) is 9.24. The van der Waals surface area contributed by atoms with Crippen molar-refractivity contribution in [2.45, 2.75) is 19.6 Å². The van der Waals surface area contributed by atoms with E-state index < -0.39 is 12.1 Å². The first-order valence-corrected chi connectivity index (χ1v) is 12.4. The molecule has 4 aromatic rings. The van der Waals surface area contributed by atoms with Gasteiger partial charge in [-0.2, -0.15) is 13.2 Å². The minimum atomic E-state index is -5.08. The van der Waals surface area contributed by atoms with Crippen molar-refractivity contribution in [1.82, 2.24) is 29.4 Å². The molecular weight excluding hydrogens is 541 g/mol. The molecule has 0 saturated carbocycles. The third-order valence-corrected chi connectivity index (χ3v) is 6.36. The van der Waals surface area contributed by atoms with Gasteiger partial charge in [0.25, 0.3) is 5.91 Å². The Morgan fingerprint density at radius 1 is 1.10 bits per heavy atom. The SMILES string of the molecule is Cc1nnc2ccc3c(cc(C(=O)NCCN4CCOCC4)n3Cc3cccc(Cl)c3)n12.O=C(O)C(F)(F)F. The highest BCUT2D eigenvalue weighted by Crippen LogP contribution is 2.24. The van der Waals surface area contributed by atoms with Crippen molar-refractivity contribution in [1.29, 1.82) is 0 Å². The maximum Gasteiger partial charge on any atom is 0.490 e. The van der Waals surface area contributed by atoms with E-state index in [-0.39, 0.29) is 5.91 Å². The Morgan fingerprint density at radius 3 is 2.49 bits per heavy atom. The predicted molar refractivity (Wildman–Crippen MR) is 137 cm³/mol. The van der Waals surface area contributed by atoms with E-state index in [2.05, 4.69) is 20.4 Å². The van der Waals surface area contributed by atoms with Crippen LogP contribution in [0.3, 0.4) is 0 Å². The lowest BCUT2D eigenvalue weighted by Crippen LogP contribution is -2.41. The Labute approximate surface area is 225 Å². The van der Waals surface area contributed by atoms with Crippen molar-refractivity contribution >= 4 is 40.2 Å². The zero-order valence-electron chi connectivity index (χ0n) is 20.9. The topological polar surface area (TPSA) is 114 Å². The Bertz CT molecular complexity index is 1480. The van der Waals surface area contributed by atoms with Crippen LogP contribution in [0.1, 0.15) is 21.9 Å². The average molecular weight is 567 g/mol. The molecule has 2 N–H and O–H groups in total. The van der Waals surface area contributed by atoms with E-state index in [1.54, 1.807) is 0 Å². The van der Waals surface area contributed by atoms with Crippen molar-refractivity contribution in [2.75, 3.05) is 39.4 Å². The monoisotopic (exact) mass is 566 g/mol. The normalized spacial score (nSPS) is 14.3. The molecule has 39 heavy (non-hydrogen) atoms. The Balaban J connectivity index is 0.000000448. The van der Waals surface area contributed by atoms with Crippen molar-refractivity contribution in [3.8, 4) is 0 Å². The number of hydrogen-bond donors (Lipinski definition) is 2. The molecule has 0 spiro atoms. The van der Waals surface area contributed by atoms with Crippen LogP contribution in [0.5, 0.6) is 0 Å². The lowest BCUT2D eigenvalue weighted by molar-refractivity contribution is -0.192. The van der Waals surface area contributed by atoms with Crippen LogP contribution in [0, 0.1) is 6.92 Å². The van der Waals surface area contributed by atoms with Gasteiger partial charge in [-0.1, -0.05) is 23.7 Å². The number of nitrogens with one attached hydrogen (secondary N) is 1. The second kappa shape index (κ2) is 12.0. The number of aryl methyl sites for hydroxylation is 1. The van der Waals surface area contributed by atoms with E-state index in [4.69, 9.17) is 26.2 Å². The fourth-order valence-electron chi connectivity index (χ4n) is 4.26. The first-order chi connectivity index (χ1) is 18.5. The summed E-state index contributed by atoms with van der Waals surface area (Å²) in [4.78, 5) is 24.4. The number of ether oxygens (including phenoxy) is 1. The summed E-state index contributed by atoms with van der Waals surface area (Å²) in [5, 5.41) is 19.3. The van der Waals surface area contributed by atoms with Crippen LogP contribution in [0.4, 0.5) is 13.2 Å². The molecule has 0 bridgehead atoms. The van der Waals surface area contributed by atoms with E-state index in [1.807, 2.05) is 58.4 Å². The van der Waals surface area contributed by atoms with Crippen LogP contribution in [-0.2, 0) is 16.1 Å². The zero-order chi connectivity index (χ0) is 28.2. The molecule has 4 heterocycles. The van der Waals surface area contributed by atoms with E-state index in [1.165, 1.54) is 0 Å². The maximum atomic E-state index is 13.3. The number of morpholine rings is 1. The molecule has 1 aliphatic heterocycles. The summed E-state index contributed by atoms with van der Waals surface area (Å²) in [7, 11) is 0. The van der Waals surface area contributed by atoms with Gasteiger partial charge < -0.3 is 19.7 Å². The first-order valence-electron chi connectivity index (χ1n) is 12.0. The standard InChI is InChI=1S/C23H25ClN6O2.C2HF3O2/c1-16-26-27-22-6-5-19-20(30(16)22)14-21(29(19)15-17-3-2-4-18(24)13-17)23(31)25-7-8-28-9-11-32-12-10-28;3-2(4,5)1(6)7/h2-6,13-14H,7-12,15H2,1H3,(H,25,31);(H,6,7). The number of carbonyl (C=O) groups is 2. The quantitative estimate of drug-likeness (QED) is 0.368. The number of alkyl halides is 3. The molecule has 208 valence electrons. The van der Waals surface area contributed by atoms with Gasteiger partial charge in [0.05, 0.1) is 24.2 Å². The number of halogens is 4. The summed E-state index contributed by atoms with van der Waals surface area (Å²) < 4.78 is 41.1. The number of pyridine rings is 1. The highest BCUT2D eigenvalue weighted by molar-refractivity contribution is 6.30. The summed E-state index contributed by atoms with van der Waals surface area (Å²) in [6.45, 7) is 7.12. The number of nitrogens with zero attached hydrogens (tertiary/aromatic N) is 5. The number of carboxylic acid groups (broad SMARTS) is 1. The Hall–Kier alpha value is -3.68. The summed E-state index contributed by atoms with van der Waals surface area (Å²) >= 11 is 6.21. The lowest BCUT2D eigenvalue weighted by atomic mass is 10.2. The fraction of sp³-hybridized carbons (Fsp3) is 0.360. The molecule has 1 fully saturated rings. The zero-order valence-corrected chi connectivity index (χ0v) is 21.7. The number of carbonyl (C=O) groups excluding carboxylic acids is 1. The highest BCUT2D eigenvalue weighted by atomic mass is 35.5. The molecule has 1 saturated heterocycles. The van der Waals surface area contributed by atoms with Crippen molar-refractivity contribution in [3.05, 3.63) is 64.6 Å². The Kier molecular flexibility index (Phi) is 8.73. The molecule has 0 radical (unpaired) electrons. The molecule has 1 amide bonds. The van der Waals surface area contributed by atoms with E-state index in [0.29, 0.717) is 23.8 Å². The molecule has 0 unspecified atom stereocenters. The van der Waals surface area contributed by atoms with Gasteiger partial charge in [0.2, 0.25) is 0 Å². The van der Waals surface area contributed by atoms with Crippen LogP contribution in [-0.4, -0.2) is 86.6 Å². The van der Waals surface area contributed by atoms with Crippen molar-refractivity contribution < 1.29 is 32.6 Å². The Morgan fingerprint density at radius 2 is 1.82 bits per heavy atom. The predicted octanol–water partition coefficient (Wildman–Crippen LogP) is 3.39. The lowest BCUT2D eigenvalue weighted by Gasteiger charge is -2.26. The number of aliphatic carboxylic acids is 1. The molecule has 1 aromatic carbocycles. The minimum Gasteiger partial charge on any atom is -0.475 e. The van der Waals surface area contributed by atoms with Crippen LogP contribution < -0.4 is 5.32 Å². The first kappa shape index (κ1) is 28.3. The largest absolute Gasteiger partial charge is 0.490 e. The smallest absolute Gasteiger partial charge is 0.475 e. The summed E-state index contributed by atoms with van der Waals surface area (Å²) in [6.07, 6.45) is -5.08. The maximum absolute atomic E-state index is 13.3. The number of carboxylic acids is 1. The molecule has 0 atom stereocenters. The van der Waals surface area contributed by atoms with E-state index in [9.17, 15) is 18.0 Å². The van der Waals surface area contributed by atoms with Crippen LogP contribution in [0.25, 0.3) is 16.7 Å². The van der Waals surface area contributed by atoms with Crippen molar-refractivity contribution in [2.24, 2.45) is 0 Å². The van der Waals surface area contributed by atoms with Crippen molar-refractivity contribution in [3.63, 3.8) is 0 Å². The van der Waals surface area contributed by atoms with Crippen LogP contribution >= 0.6 is 11.6 Å². The number of aromatic nitrogens is 4. The number of amides is 1. The van der Waals surface area contributed by atoms with E-state index in [0.717, 1.165) is 60.9 Å². The van der Waals surface area contributed by atoms with Gasteiger partial charge in [0, 0.05) is 37.7 Å². The highest BCUT2D eigenvalue weighted by Gasteiger charge is 2.38. The fourth-order valence-corrected chi connectivity index (χ4v) is 4.47. The molecule has 10 nitrogen and oxygen atoms in total. The number of rotatable bonds is 6. The summed E-state index contributed by atoms with van der Waals surface area (Å²) in [5.41, 5.74) is 4.23. The van der Waals surface area contributed by atoms with Gasteiger partial charge in [-0.3, -0.25) is 14.1 Å². The number of fused-ring (bicyclic) bond motifs is 3. The van der Waals surface area contributed by atoms with Gasteiger partial charge in [-0.25, -0.2) is 4.79 Å². The molecule has 14 heteroatoms. The third kappa shape index (κ3) is 6.85. The number of benzene rings is 1. The minimum absolute atomic E-state index is 0.102.